The average Bonchev–Trinajstić information content (AvgIpc) is 2.82. The first kappa shape index (κ1) is 17.4. The van der Waals surface area contributed by atoms with Crippen molar-refractivity contribution in [1.29, 1.82) is 0 Å². The summed E-state index contributed by atoms with van der Waals surface area (Å²) in [6.07, 6.45) is 6.65. The normalized spacial score (nSPS) is 29.0. The molecule has 3 amide bonds. The quantitative estimate of drug-likeness (QED) is 0.765. The molecule has 2 unspecified atom stereocenters. The molecule has 3 aliphatic rings. The zero-order chi connectivity index (χ0) is 17.1. The number of fused-ring (bicyclic) bond motifs is 1. The second-order valence-corrected chi connectivity index (χ2v) is 7.44. The Kier molecular flexibility index (Phi) is 5.54. The Morgan fingerprint density at radius 1 is 1.04 bits per heavy atom. The van der Waals surface area contributed by atoms with Gasteiger partial charge in [-0.15, -0.1) is 0 Å². The minimum Gasteiger partial charge on any atom is -0.352 e. The Hall–Kier alpha value is -1.43. The van der Waals surface area contributed by atoms with E-state index in [-0.39, 0.29) is 42.1 Å². The fraction of sp³-hybridized carbons (Fsp3) is 0.833. The molecular weight excluding hydrogens is 306 g/mol. The third-order valence-corrected chi connectivity index (χ3v) is 5.73. The van der Waals surface area contributed by atoms with Gasteiger partial charge in [-0.3, -0.25) is 19.3 Å². The van der Waals surface area contributed by atoms with Gasteiger partial charge in [0.15, 0.2) is 0 Å². The van der Waals surface area contributed by atoms with Crippen molar-refractivity contribution in [3.8, 4) is 0 Å². The predicted octanol–water partition coefficient (Wildman–Crippen LogP) is 1.15. The highest BCUT2D eigenvalue weighted by molar-refractivity contribution is 6.07. The highest BCUT2D eigenvalue weighted by Crippen LogP contribution is 2.37. The molecule has 0 aromatic carbocycles. The number of rotatable bonds is 5. The molecule has 134 valence electrons. The third kappa shape index (κ3) is 3.63. The summed E-state index contributed by atoms with van der Waals surface area (Å²) in [4.78, 5) is 40.8. The fourth-order valence-corrected chi connectivity index (χ4v) is 4.42. The lowest BCUT2D eigenvalue weighted by Gasteiger charge is -2.32. The minimum absolute atomic E-state index is 0.0974. The van der Waals surface area contributed by atoms with Crippen LogP contribution in [0.4, 0.5) is 0 Å². The summed E-state index contributed by atoms with van der Waals surface area (Å²) in [6, 6.07) is 0.167. The van der Waals surface area contributed by atoms with Crippen LogP contribution in [0.1, 0.15) is 51.9 Å². The van der Waals surface area contributed by atoms with Gasteiger partial charge in [0.05, 0.1) is 11.8 Å². The van der Waals surface area contributed by atoms with Crippen LogP contribution >= 0.6 is 0 Å². The maximum atomic E-state index is 12.4. The third-order valence-electron chi connectivity index (χ3n) is 5.73. The molecule has 24 heavy (non-hydrogen) atoms. The number of likely N-dealkylation sites (tertiary alicyclic amines) is 2. The lowest BCUT2D eigenvalue weighted by molar-refractivity contribution is -0.143. The molecule has 6 heteroatoms. The number of carbonyl (C=O) groups excluding carboxylic acids is 3. The van der Waals surface area contributed by atoms with Gasteiger partial charge in [0, 0.05) is 19.1 Å². The van der Waals surface area contributed by atoms with Gasteiger partial charge in [-0.25, -0.2) is 0 Å². The summed E-state index contributed by atoms with van der Waals surface area (Å²) in [7, 11) is 0. The number of nitrogens with one attached hydrogen (secondary N) is 1. The predicted molar refractivity (Wildman–Crippen MR) is 90.1 cm³/mol. The van der Waals surface area contributed by atoms with Crippen LogP contribution in [0.25, 0.3) is 0 Å². The largest absolute Gasteiger partial charge is 0.352 e. The molecule has 1 aliphatic carbocycles. The molecule has 0 radical (unpaired) electrons. The van der Waals surface area contributed by atoms with E-state index in [9.17, 15) is 14.4 Å². The van der Waals surface area contributed by atoms with Crippen molar-refractivity contribution >= 4 is 17.7 Å². The molecule has 0 aromatic heterocycles. The van der Waals surface area contributed by atoms with Crippen molar-refractivity contribution in [3.05, 3.63) is 0 Å². The van der Waals surface area contributed by atoms with Crippen LogP contribution in [-0.4, -0.2) is 59.7 Å². The van der Waals surface area contributed by atoms with Crippen molar-refractivity contribution in [3.63, 3.8) is 0 Å². The van der Waals surface area contributed by atoms with Crippen molar-refractivity contribution in [2.75, 3.05) is 26.2 Å². The minimum atomic E-state index is -0.190. The first-order valence-corrected chi connectivity index (χ1v) is 9.47. The Morgan fingerprint density at radius 3 is 2.17 bits per heavy atom. The molecule has 1 saturated carbocycles. The first-order chi connectivity index (χ1) is 11.6. The first-order valence-electron chi connectivity index (χ1n) is 9.47. The number of piperidine rings is 1. The molecule has 2 saturated heterocycles. The van der Waals surface area contributed by atoms with Crippen LogP contribution in [0, 0.1) is 11.8 Å². The Morgan fingerprint density at radius 2 is 1.62 bits per heavy atom. The van der Waals surface area contributed by atoms with Crippen molar-refractivity contribution < 1.29 is 14.4 Å². The molecular formula is C18H29N3O3. The molecule has 0 aromatic rings. The molecule has 3 fully saturated rings. The monoisotopic (exact) mass is 335 g/mol. The Labute approximate surface area is 143 Å². The van der Waals surface area contributed by atoms with E-state index in [1.54, 1.807) is 0 Å². The van der Waals surface area contributed by atoms with Crippen molar-refractivity contribution in [1.82, 2.24) is 15.1 Å². The van der Waals surface area contributed by atoms with E-state index in [0.717, 1.165) is 64.6 Å². The molecule has 2 atom stereocenters. The van der Waals surface area contributed by atoms with Gasteiger partial charge in [-0.05, 0) is 38.6 Å². The second-order valence-electron chi connectivity index (χ2n) is 7.44. The van der Waals surface area contributed by atoms with Crippen LogP contribution in [0.3, 0.4) is 0 Å². The highest BCUT2D eigenvalue weighted by Gasteiger charge is 2.48. The number of hydrogen-bond donors (Lipinski definition) is 1. The summed E-state index contributed by atoms with van der Waals surface area (Å²) in [6.45, 7) is 5.20. The molecule has 2 aliphatic heterocycles. The van der Waals surface area contributed by atoms with E-state index in [4.69, 9.17) is 0 Å². The highest BCUT2D eigenvalue weighted by atomic mass is 16.2. The molecule has 3 rings (SSSR count). The van der Waals surface area contributed by atoms with Gasteiger partial charge in [-0.2, -0.15) is 0 Å². The van der Waals surface area contributed by atoms with E-state index in [1.807, 2.05) is 0 Å². The van der Waals surface area contributed by atoms with Crippen LogP contribution in [0.5, 0.6) is 0 Å². The molecule has 0 spiro atoms. The standard InChI is InChI=1S/C18H29N3O3/c1-2-9-20-10-7-13(8-11-20)19-16(22)12-21-17(23)14-5-3-4-6-15(14)18(21)24/h13-15H,2-12H2,1H3,(H,19,22). The van der Waals surface area contributed by atoms with E-state index in [1.165, 1.54) is 4.90 Å². The number of amides is 3. The van der Waals surface area contributed by atoms with E-state index in [0.29, 0.717) is 0 Å². The zero-order valence-electron chi connectivity index (χ0n) is 14.6. The Bertz CT molecular complexity index is 476. The van der Waals surface area contributed by atoms with Crippen LogP contribution < -0.4 is 5.32 Å². The maximum Gasteiger partial charge on any atom is 0.240 e. The Balaban J connectivity index is 1.48. The van der Waals surface area contributed by atoms with Gasteiger partial charge in [0.1, 0.15) is 6.54 Å². The summed E-state index contributed by atoms with van der Waals surface area (Å²) in [5.41, 5.74) is 0. The molecule has 1 N–H and O–H groups in total. The summed E-state index contributed by atoms with van der Waals surface area (Å²) in [5.74, 6) is -0.785. The lowest BCUT2D eigenvalue weighted by Crippen LogP contribution is -2.48. The number of carbonyl (C=O) groups is 3. The van der Waals surface area contributed by atoms with Crippen LogP contribution in [0.15, 0.2) is 0 Å². The van der Waals surface area contributed by atoms with Gasteiger partial charge in [-0.1, -0.05) is 19.8 Å². The molecule has 0 bridgehead atoms. The topological polar surface area (TPSA) is 69.7 Å². The van der Waals surface area contributed by atoms with Gasteiger partial charge >= 0.3 is 0 Å². The number of nitrogens with zero attached hydrogens (tertiary/aromatic N) is 2. The van der Waals surface area contributed by atoms with E-state index < -0.39 is 0 Å². The maximum absolute atomic E-state index is 12.4. The second kappa shape index (κ2) is 7.64. The average molecular weight is 335 g/mol. The van der Waals surface area contributed by atoms with Crippen molar-refractivity contribution in [2.24, 2.45) is 11.8 Å². The van der Waals surface area contributed by atoms with Crippen molar-refractivity contribution in [2.45, 2.75) is 57.9 Å². The zero-order valence-corrected chi connectivity index (χ0v) is 14.6. The smallest absolute Gasteiger partial charge is 0.240 e. The van der Waals surface area contributed by atoms with Gasteiger partial charge in [0.2, 0.25) is 17.7 Å². The summed E-state index contributed by atoms with van der Waals surface area (Å²) < 4.78 is 0. The number of imide groups is 1. The summed E-state index contributed by atoms with van der Waals surface area (Å²) in [5, 5.41) is 3.02. The van der Waals surface area contributed by atoms with E-state index >= 15 is 0 Å². The summed E-state index contributed by atoms with van der Waals surface area (Å²) >= 11 is 0. The van der Waals surface area contributed by atoms with Crippen LogP contribution in [0.2, 0.25) is 0 Å². The van der Waals surface area contributed by atoms with Gasteiger partial charge in [0.25, 0.3) is 0 Å². The molecule has 6 nitrogen and oxygen atoms in total. The molecule has 2 heterocycles. The van der Waals surface area contributed by atoms with E-state index in [2.05, 4.69) is 17.1 Å². The van der Waals surface area contributed by atoms with Crippen LogP contribution in [-0.2, 0) is 14.4 Å². The lowest BCUT2D eigenvalue weighted by atomic mass is 9.81. The number of hydrogen-bond acceptors (Lipinski definition) is 4. The fourth-order valence-electron chi connectivity index (χ4n) is 4.42. The van der Waals surface area contributed by atoms with Gasteiger partial charge < -0.3 is 10.2 Å². The SMILES string of the molecule is CCCN1CCC(NC(=O)CN2C(=O)C3CCCCC3C2=O)CC1.